The molecule has 0 aromatic carbocycles. The normalized spacial score (nSPS) is 9.00. The zero-order valence-corrected chi connectivity index (χ0v) is 6.03. The molecule has 0 bridgehead atoms. The monoisotopic (exact) mass is 150 g/mol. The zero-order chi connectivity index (χ0) is 7.11. The molecule has 0 unspecified atom stereocenters. The maximum atomic E-state index is 6.62. The highest BCUT2D eigenvalue weighted by Gasteiger charge is 1.89. The molecule has 0 fully saturated rings. The van der Waals surface area contributed by atoms with Gasteiger partial charge in [0.15, 0.2) is 0 Å². The quantitative estimate of drug-likeness (QED) is 0.260. The van der Waals surface area contributed by atoms with Crippen LogP contribution in [-0.2, 0) is 8.92 Å². The van der Waals surface area contributed by atoms with E-state index in [9.17, 15) is 0 Å². The van der Waals surface area contributed by atoms with E-state index in [4.69, 9.17) is 15.9 Å². The summed E-state index contributed by atoms with van der Waals surface area (Å²) in [7, 11) is 1.61. The Kier molecular flexibility index (Phi) is 5.45. The van der Waals surface area contributed by atoms with Gasteiger partial charge in [0.1, 0.15) is 0 Å². The largest absolute Gasteiger partial charge is 0.391 e. The van der Waals surface area contributed by atoms with Crippen molar-refractivity contribution in [3.05, 3.63) is 0 Å². The Hall–Kier alpha value is -0.420. The fourth-order valence-corrected chi connectivity index (χ4v) is 0.668. The maximum absolute atomic E-state index is 6.62. The first kappa shape index (κ1) is 8.58. The summed E-state index contributed by atoms with van der Waals surface area (Å²) in [5.41, 5.74) is 4.87. The van der Waals surface area contributed by atoms with Crippen molar-refractivity contribution in [1.82, 2.24) is 0 Å². The van der Waals surface area contributed by atoms with Crippen LogP contribution >= 0.6 is 12.0 Å². The summed E-state index contributed by atoms with van der Waals surface area (Å²) in [5, 5.41) is 6.62. The first-order chi connectivity index (χ1) is 4.27. The van der Waals surface area contributed by atoms with Crippen LogP contribution in [0.25, 0.3) is 0 Å². The van der Waals surface area contributed by atoms with E-state index in [1.807, 2.05) is 0 Å². The molecule has 3 N–H and O–H groups in total. The third-order valence-corrected chi connectivity index (χ3v) is 1.15. The number of amidine groups is 1. The summed E-state index contributed by atoms with van der Waals surface area (Å²) >= 11 is 1.11. The number of hydrogen-bond acceptors (Lipinski definition) is 4. The van der Waals surface area contributed by atoms with E-state index in [1.54, 1.807) is 7.11 Å². The second kappa shape index (κ2) is 5.71. The Morgan fingerprint density at radius 1 is 1.78 bits per heavy atom. The average molecular weight is 150 g/mol. The van der Waals surface area contributed by atoms with Gasteiger partial charge in [-0.2, -0.15) is 0 Å². The van der Waals surface area contributed by atoms with Gasteiger partial charge in [0.05, 0.1) is 24.4 Å². The standard InChI is InChI=1S/C4H10N2O2S/c1-7-2-3-9-8-4(5)6/h2-3H2,1H3,(H3,5,6). The molecule has 0 atom stereocenters. The molecule has 0 aromatic rings. The highest BCUT2D eigenvalue weighted by Crippen LogP contribution is 1.99. The van der Waals surface area contributed by atoms with Crippen LogP contribution < -0.4 is 5.73 Å². The third kappa shape index (κ3) is 7.58. The van der Waals surface area contributed by atoms with E-state index in [0.29, 0.717) is 12.4 Å². The van der Waals surface area contributed by atoms with Gasteiger partial charge in [-0.1, -0.05) is 0 Å². The van der Waals surface area contributed by atoms with Crippen LogP contribution in [0.3, 0.4) is 0 Å². The number of nitrogens with one attached hydrogen (secondary N) is 1. The van der Waals surface area contributed by atoms with Crippen LogP contribution in [0.4, 0.5) is 0 Å². The molecular weight excluding hydrogens is 140 g/mol. The summed E-state index contributed by atoms with van der Waals surface area (Å²) in [6.45, 7) is 0.609. The van der Waals surface area contributed by atoms with Crippen LogP contribution in [-0.4, -0.2) is 25.5 Å². The Morgan fingerprint density at radius 2 is 2.44 bits per heavy atom. The minimum atomic E-state index is -0.267. The van der Waals surface area contributed by atoms with Gasteiger partial charge in [0.25, 0.3) is 6.02 Å². The summed E-state index contributed by atoms with van der Waals surface area (Å²) in [4.78, 5) is 0. The molecule has 0 aromatic heterocycles. The number of hydrogen-bond donors (Lipinski definition) is 2. The van der Waals surface area contributed by atoms with Crippen molar-refractivity contribution in [1.29, 1.82) is 5.41 Å². The predicted octanol–water partition coefficient (Wildman–Crippen LogP) is 0.191. The van der Waals surface area contributed by atoms with Gasteiger partial charge >= 0.3 is 0 Å². The van der Waals surface area contributed by atoms with Crippen LogP contribution in [0.1, 0.15) is 0 Å². The van der Waals surface area contributed by atoms with Gasteiger partial charge in [0, 0.05) is 7.11 Å². The molecule has 4 nitrogen and oxygen atoms in total. The Morgan fingerprint density at radius 3 is 2.89 bits per heavy atom. The number of nitrogens with two attached hydrogens (primary N) is 1. The molecule has 0 aliphatic heterocycles. The van der Waals surface area contributed by atoms with Crippen molar-refractivity contribution in [3.63, 3.8) is 0 Å². The second-order valence-corrected chi connectivity index (χ2v) is 2.07. The Bertz CT molecular complexity index is 88.6. The van der Waals surface area contributed by atoms with Gasteiger partial charge in [-0.25, -0.2) is 0 Å². The predicted molar refractivity (Wildman–Crippen MR) is 37.3 cm³/mol. The lowest BCUT2D eigenvalue weighted by atomic mass is 10.9. The van der Waals surface area contributed by atoms with Crippen molar-refractivity contribution in [2.24, 2.45) is 5.73 Å². The molecule has 54 valence electrons. The van der Waals surface area contributed by atoms with Gasteiger partial charge < -0.3 is 14.7 Å². The van der Waals surface area contributed by atoms with Crippen LogP contribution in [0.15, 0.2) is 0 Å². The molecule has 0 aliphatic carbocycles. The fourth-order valence-electron chi connectivity index (χ4n) is 0.223. The maximum Gasteiger partial charge on any atom is 0.291 e. The smallest absolute Gasteiger partial charge is 0.291 e. The van der Waals surface area contributed by atoms with Crippen molar-refractivity contribution in [3.8, 4) is 0 Å². The summed E-state index contributed by atoms with van der Waals surface area (Å²) in [5.74, 6) is 0.691. The molecule has 0 saturated carbocycles. The summed E-state index contributed by atoms with van der Waals surface area (Å²) < 4.78 is 9.25. The lowest BCUT2D eigenvalue weighted by Crippen LogP contribution is -2.10. The molecule has 0 radical (unpaired) electrons. The molecule has 0 saturated heterocycles. The van der Waals surface area contributed by atoms with Crippen molar-refractivity contribution >= 4 is 18.1 Å². The topological polar surface area (TPSA) is 68.3 Å². The molecule has 0 heterocycles. The van der Waals surface area contributed by atoms with Crippen molar-refractivity contribution in [2.45, 2.75) is 0 Å². The van der Waals surface area contributed by atoms with Gasteiger partial charge in [-0.3, -0.25) is 5.41 Å². The minimum absolute atomic E-state index is 0.267. The number of methoxy groups -OCH3 is 1. The first-order valence-electron chi connectivity index (χ1n) is 2.40. The molecule has 0 spiro atoms. The molecule has 0 rings (SSSR count). The van der Waals surface area contributed by atoms with Crippen molar-refractivity contribution < 1.29 is 8.92 Å². The third-order valence-electron chi connectivity index (χ3n) is 0.519. The zero-order valence-electron chi connectivity index (χ0n) is 5.22. The molecule has 5 heteroatoms. The minimum Gasteiger partial charge on any atom is -0.391 e. The Labute approximate surface area is 58.4 Å². The average Bonchev–Trinajstić information content (AvgIpc) is 1.80. The molecule has 0 amide bonds. The van der Waals surface area contributed by atoms with E-state index >= 15 is 0 Å². The molecule has 0 aliphatic rings. The fraction of sp³-hybridized carbons (Fsp3) is 0.750. The summed E-state index contributed by atoms with van der Waals surface area (Å²) in [6, 6.07) is -0.267. The van der Waals surface area contributed by atoms with E-state index in [-0.39, 0.29) is 6.02 Å². The van der Waals surface area contributed by atoms with E-state index in [0.717, 1.165) is 12.0 Å². The van der Waals surface area contributed by atoms with E-state index < -0.39 is 0 Å². The molecule has 9 heavy (non-hydrogen) atoms. The number of rotatable bonds is 4. The van der Waals surface area contributed by atoms with Gasteiger partial charge in [-0.05, 0) is 0 Å². The number of ether oxygens (including phenoxy) is 1. The van der Waals surface area contributed by atoms with Crippen molar-refractivity contribution in [2.75, 3.05) is 19.5 Å². The Balaban J connectivity index is 2.83. The first-order valence-corrected chi connectivity index (χ1v) is 3.31. The van der Waals surface area contributed by atoms with Gasteiger partial charge in [-0.15, -0.1) is 0 Å². The van der Waals surface area contributed by atoms with Crippen LogP contribution in [0.5, 0.6) is 0 Å². The lowest BCUT2D eigenvalue weighted by molar-refractivity contribution is 0.218. The second-order valence-electron chi connectivity index (χ2n) is 1.26. The molecular formula is C4H10N2O2S. The van der Waals surface area contributed by atoms with Crippen LogP contribution in [0.2, 0.25) is 0 Å². The SMILES string of the molecule is COCCSOC(=N)N. The van der Waals surface area contributed by atoms with E-state index in [2.05, 4.69) is 4.18 Å². The van der Waals surface area contributed by atoms with Gasteiger partial charge in [0.2, 0.25) is 0 Å². The highest BCUT2D eigenvalue weighted by atomic mass is 32.2. The van der Waals surface area contributed by atoms with E-state index in [1.165, 1.54) is 0 Å². The summed E-state index contributed by atoms with van der Waals surface area (Å²) in [6.07, 6.45) is 0. The lowest BCUT2D eigenvalue weighted by Gasteiger charge is -1.98. The van der Waals surface area contributed by atoms with Crippen LogP contribution in [0, 0.1) is 5.41 Å². The highest BCUT2D eigenvalue weighted by molar-refractivity contribution is 7.95.